The summed E-state index contributed by atoms with van der Waals surface area (Å²) in [4.78, 5) is 0. The van der Waals surface area contributed by atoms with Crippen LogP contribution in [-0.2, 0) is 6.42 Å². The number of ether oxygens (including phenoxy) is 1. The summed E-state index contributed by atoms with van der Waals surface area (Å²) in [5, 5.41) is 0. The van der Waals surface area contributed by atoms with E-state index in [9.17, 15) is 0 Å². The second-order valence-corrected chi connectivity index (χ2v) is 6.13. The van der Waals surface area contributed by atoms with E-state index in [1.807, 2.05) is 0 Å². The molecule has 0 amide bonds. The molecule has 0 bridgehead atoms. The first kappa shape index (κ1) is 13.7. The maximum absolute atomic E-state index is 6.46. The molecule has 2 nitrogen and oxygen atoms in total. The van der Waals surface area contributed by atoms with Crippen molar-refractivity contribution in [3.05, 3.63) is 63.1 Å². The number of hydrogen-bond acceptors (Lipinski definition) is 2. The van der Waals surface area contributed by atoms with Gasteiger partial charge in [0, 0.05) is 10.0 Å². The molecule has 1 atom stereocenters. The van der Waals surface area contributed by atoms with Crippen molar-refractivity contribution in [2.24, 2.45) is 5.73 Å². The van der Waals surface area contributed by atoms with E-state index in [-0.39, 0.29) is 6.04 Å². The van der Waals surface area contributed by atoms with Crippen LogP contribution in [0.15, 0.2) is 40.9 Å². The Labute approximate surface area is 128 Å². The fraction of sp³-hybridized carbons (Fsp3) is 0.294. The molecule has 3 rings (SSSR count). The number of hydrogen-bond donors (Lipinski definition) is 1. The highest BCUT2D eigenvalue weighted by molar-refractivity contribution is 9.10. The second kappa shape index (κ2) is 5.58. The molecular formula is C17H18BrNO. The summed E-state index contributed by atoms with van der Waals surface area (Å²) in [6.07, 6.45) is 2.16. The molecular weight excluding hydrogens is 314 g/mol. The van der Waals surface area contributed by atoms with Gasteiger partial charge in [-0.1, -0.05) is 46.3 Å². The molecule has 0 radical (unpaired) electrons. The molecule has 1 heterocycles. The fourth-order valence-electron chi connectivity index (χ4n) is 2.64. The first-order chi connectivity index (χ1) is 9.66. The van der Waals surface area contributed by atoms with Gasteiger partial charge in [-0.25, -0.2) is 0 Å². The van der Waals surface area contributed by atoms with Gasteiger partial charge in [0.15, 0.2) is 0 Å². The Morgan fingerprint density at radius 3 is 2.90 bits per heavy atom. The van der Waals surface area contributed by atoms with Gasteiger partial charge in [-0.3, -0.25) is 0 Å². The first-order valence-electron chi connectivity index (χ1n) is 6.93. The van der Waals surface area contributed by atoms with Crippen LogP contribution >= 0.6 is 15.9 Å². The Kier molecular flexibility index (Phi) is 3.81. The molecule has 0 saturated heterocycles. The van der Waals surface area contributed by atoms with Gasteiger partial charge in [-0.15, -0.1) is 0 Å². The van der Waals surface area contributed by atoms with Crippen LogP contribution < -0.4 is 10.5 Å². The van der Waals surface area contributed by atoms with E-state index < -0.39 is 0 Å². The van der Waals surface area contributed by atoms with Gasteiger partial charge in [-0.2, -0.15) is 0 Å². The van der Waals surface area contributed by atoms with E-state index in [2.05, 4.69) is 59.3 Å². The average molecular weight is 332 g/mol. The lowest BCUT2D eigenvalue weighted by Gasteiger charge is -2.23. The van der Waals surface area contributed by atoms with Crippen molar-refractivity contribution in [1.29, 1.82) is 0 Å². The molecule has 3 heteroatoms. The molecule has 104 valence electrons. The maximum atomic E-state index is 6.46. The van der Waals surface area contributed by atoms with Gasteiger partial charge < -0.3 is 10.5 Å². The topological polar surface area (TPSA) is 35.2 Å². The molecule has 20 heavy (non-hydrogen) atoms. The Balaban J connectivity index is 2.02. The van der Waals surface area contributed by atoms with Crippen molar-refractivity contribution in [3.63, 3.8) is 0 Å². The highest BCUT2D eigenvalue weighted by Gasteiger charge is 2.19. The number of fused-ring (bicyclic) bond motifs is 1. The lowest BCUT2D eigenvalue weighted by molar-refractivity contribution is 0.284. The maximum Gasteiger partial charge on any atom is 0.127 e. The largest absolute Gasteiger partial charge is 0.493 e. The summed E-state index contributed by atoms with van der Waals surface area (Å²) in [6.45, 7) is 2.86. The minimum absolute atomic E-state index is 0.153. The van der Waals surface area contributed by atoms with Crippen molar-refractivity contribution in [2.75, 3.05) is 6.61 Å². The van der Waals surface area contributed by atoms with Gasteiger partial charge in [0.25, 0.3) is 0 Å². The normalized spacial score (nSPS) is 15.3. The average Bonchev–Trinajstić information content (AvgIpc) is 2.49. The van der Waals surface area contributed by atoms with E-state index in [0.717, 1.165) is 40.8 Å². The van der Waals surface area contributed by atoms with Crippen molar-refractivity contribution in [2.45, 2.75) is 25.8 Å². The van der Waals surface area contributed by atoms with Crippen LogP contribution in [0.1, 0.15) is 34.7 Å². The van der Waals surface area contributed by atoms with E-state index in [4.69, 9.17) is 10.5 Å². The van der Waals surface area contributed by atoms with Gasteiger partial charge >= 0.3 is 0 Å². The SMILES string of the molecule is Cc1ccc(C(N)c2cccc3c2OCCC3)cc1Br. The van der Waals surface area contributed by atoms with Crippen LogP contribution in [0.3, 0.4) is 0 Å². The lowest BCUT2D eigenvalue weighted by Crippen LogP contribution is -2.17. The first-order valence-corrected chi connectivity index (χ1v) is 7.72. The quantitative estimate of drug-likeness (QED) is 0.897. The standard InChI is InChI=1S/C17H18BrNO/c1-11-7-8-13(10-15(11)18)16(19)14-6-2-4-12-5-3-9-20-17(12)14/h2,4,6-8,10,16H,3,5,9,19H2,1H3. The number of rotatable bonds is 2. The summed E-state index contributed by atoms with van der Waals surface area (Å²) in [5.74, 6) is 0.989. The third kappa shape index (κ3) is 2.48. The Hall–Kier alpha value is -1.32. The lowest BCUT2D eigenvalue weighted by atomic mass is 9.94. The molecule has 2 aromatic rings. The molecule has 1 unspecified atom stereocenters. The number of para-hydroxylation sites is 1. The van der Waals surface area contributed by atoms with E-state index in [1.54, 1.807) is 0 Å². The molecule has 0 saturated carbocycles. The van der Waals surface area contributed by atoms with Crippen molar-refractivity contribution in [1.82, 2.24) is 0 Å². The number of benzene rings is 2. The summed E-state index contributed by atoms with van der Waals surface area (Å²) in [6, 6.07) is 12.4. The molecule has 0 fully saturated rings. The van der Waals surface area contributed by atoms with Gasteiger partial charge in [-0.05, 0) is 42.5 Å². The van der Waals surface area contributed by atoms with E-state index >= 15 is 0 Å². The summed E-state index contributed by atoms with van der Waals surface area (Å²) < 4.78 is 6.95. The third-order valence-electron chi connectivity index (χ3n) is 3.85. The van der Waals surface area contributed by atoms with Crippen LogP contribution in [0, 0.1) is 6.92 Å². The predicted molar refractivity (Wildman–Crippen MR) is 85.2 cm³/mol. The van der Waals surface area contributed by atoms with E-state index in [0.29, 0.717) is 0 Å². The number of halogens is 1. The minimum Gasteiger partial charge on any atom is -0.493 e. The minimum atomic E-state index is -0.153. The van der Waals surface area contributed by atoms with Crippen LogP contribution in [0.4, 0.5) is 0 Å². The van der Waals surface area contributed by atoms with Crippen LogP contribution in [0.2, 0.25) is 0 Å². The highest BCUT2D eigenvalue weighted by atomic mass is 79.9. The molecule has 0 aromatic heterocycles. The molecule has 2 N–H and O–H groups in total. The summed E-state index contributed by atoms with van der Waals surface area (Å²) >= 11 is 3.57. The van der Waals surface area contributed by atoms with Crippen LogP contribution in [0.25, 0.3) is 0 Å². The zero-order valence-electron chi connectivity index (χ0n) is 11.5. The Morgan fingerprint density at radius 2 is 2.10 bits per heavy atom. The molecule has 1 aliphatic rings. The third-order valence-corrected chi connectivity index (χ3v) is 4.71. The predicted octanol–water partition coefficient (Wildman–Crippen LogP) is 4.13. The Bertz CT molecular complexity index is 639. The zero-order chi connectivity index (χ0) is 14.1. The van der Waals surface area contributed by atoms with Crippen LogP contribution in [0.5, 0.6) is 5.75 Å². The van der Waals surface area contributed by atoms with E-state index in [1.165, 1.54) is 11.1 Å². The monoisotopic (exact) mass is 331 g/mol. The molecule has 2 aromatic carbocycles. The van der Waals surface area contributed by atoms with Crippen molar-refractivity contribution >= 4 is 15.9 Å². The highest BCUT2D eigenvalue weighted by Crippen LogP contribution is 2.35. The number of nitrogens with two attached hydrogens (primary N) is 1. The molecule has 0 aliphatic carbocycles. The van der Waals surface area contributed by atoms with Gasteiger partial charge in [0.1, 0.15) is 5.75 Å². The smallest absolute Gasteiger partial charge is 0.127 e. The van der Waals surface area contributed by atoms with Crippen molar-refractivity contribution < 1.29 is 4.74 Å². The molecule has 0 spiro atoms. The van der Waals surface area contributed by atoms with Crippen LogP contribution in [-0.4, -0.2) is 6.61 Å². The second-order valence-electron chi connectivity index (χ2n) is 5.27. The molecule has 1 aliphatic heterocycles. The summed E-state index contributed by atoms with van der Waals surface area (Å²) in [7, 11) is 0. The van der Waals surface area contributed by atoms with Gasteiger partial charge in [0.2, 0.25) is 0 Å². The summed E-state index contributed by atoms with van der Waals surface area (Å²) in [5.41, 5.74) is 11.1. The number of aryl methyl sites for hydroxylation is 2. The Morgan fingerprint density at radius 1 is 1.25 bits per heavy atom. The van der Waals surface area contributed by atoms with Gasteiger partial charge in [0.05, 0.1) is 12.6 Å². The fourth-order valence-corrected chi connectivity index (χ4v) is 3.04. The van der Waals surface area contributed by atoms with Crippen molar-refractivity contribution in [3.8, 4) is 5.75 Å². The zero-order valence-corrected chi connectivity index (χ0v) is 13.1.